The first-order chi connectivity index (χ1) is 12.6. The molecule has 5 rings (SSSR count). The van der Waals surface area contributed by atoms with Gasteiger partial charge in [-0.2, -0.15) is 42.0 Å². The van der Waals surface area contributed by atoms with Gasteiger partial charge in [0, 0.05) is 0 Å². The van der Waals surface area contributed by atoms with E-state index in [1.807, 2.05) is 30.3 Å². The first-order valence-corrected chi connectivity index (χ1v) is 10.7. The molecule has 0 bridgehead atoms. The summed E-state index contributed by atoms with van der Waals surface area (Å²) in [6, 6.07) is 24.5. The number of hydrogen-bond donors (Lipinski definition) is 0. The molecule has 146 valence electrons. The van der Waals surface area contributed by atoms with E-state index in [4.69, 9.17) is 0 Å². The molecule has 2 aliphatic carbocycles. The van der Waals surface area contributed by atoms with Crippen LogP contribution in [0.2, 0.25) is 0 Å². The van der Waals surface area contributed by atoms with Crippen molar-refractivity contribution in [2.45, 2.75) is 46.0 Å². The zero-order valence-corrected chi connectivity index (χ0v) is 20.5. The van der Waals surface area contributed by atoms with Gasteiger partial charge in [0.1, 0.15) is 0 Å². The maximum atomic E-state index is 3.45. The Hall–Kier alpha value is -0.877. The molecule has 3 aromatic carbocycles. The van der Waals surface area contributed by atoms with Crippen LogP contribution in [0.15, 0.2) is 60.7 Å². The molecule has 0 nitrogen and oxygen atoms in total. The molecule has 0 N–H and O–H groups in total. The van der Waals surface area contributed by atoms with Gasteiger partial charge in [0.2, 0.25) is 0 Å². The predicted molar refractivity (Wildman–Crippen MR) is 109 cm³/mol. The summed E-state index contributed by atoms with van der Waals surface area (Å²) in [6.07, 6.45) is 6.88. The minimum Gasteiger partial charge on any atom is -0.214 e. The molecule has 0 saturated heterocycles. The third kappa shape index (κ3) is 7.18. The summed E-state index contributed by atoms with van der Waals surface area (Å²) in [5.41, 5.74) is 8.15. The summed E-state index contributed by atoms with van der Waals surface area (Å²) >= 11 is 1.68. The fraction of sp³-hybridized carbons (Fsp3) is 0.280. The Morgan fingerprint density at radius 2 is 1.54 bits per heavy atom. The van der Waals surface area contributed by atoms with Gasteiger partial charge in [-0.3, -0.25) is 0 Å². The molecule has 0 radical (unpaired) electrons. The van der Waals surface area contributed by atoms with Gasteiger partial charge in [-0.1, -0.05) is 36.2 Å². The van der Waals surface area contributed by atoms with E-state index in [9.17, 15) is 0 Å². The van der Waals surface area contributed by atoms with Gasteiger partial charge in [-0.25, -0.2) is 12.1 Å². The molecule has 0 aliphatic heterocycles. The smallest absolute Gasteiger partial charge is 0.172 e. The van der Waals surface area contributed by atoms with E-state index >= 15 is 0 Å². The Labute approximate surface area is 197 Å². The van der Waals surface area contributed by atoms with Crippen LogP contribution in [0.4, 0.5) is 0 Å². The minimum absolute atomic E-state index is 0. The molecule has 0 atom stereocenters. The third-order valence-electron chi connectivity index (χ3n) is 4.85. The molecule has 0 heterocycles. The third-order valence-corrected chi connectivity index (χ3v) is 6.08. The molecule has 0 amide bonds. The topological polar surface area (TPSA) is 0 Å². The monoisotopic (exact) mass is 486 g/mol. The Bertz CT molecular complexity index is 792. The summed E-state index contributed by atoms with van der Waals surface area (Å²) in [5.74, 6) is 0. The summed E-state index contributed by atoms with van der Waals surface area (Å²) in [6.45, 7) is 4.26. The van der Waals surface area contributed by atoms with E-state index in [1.165, 1.54) is 59.1 Å². The average molecular weight is 489 g/mol. The molecule has 0 spiro atoms. The molecular weight excluding hydrogens is 462 g/mol. The van der Waals surface area contributed by atoms with Gasteiger partial charge in [0.25, 0.3) is 0 Å². The number of halogens is 2. The van der Waals surface area contributed by atoms with E-state index in [2.05, 4.69) is 50.2 Å². The number of rotatable bonds is 0. The van der Waals surface area contributed by atoms with Gasteiger partial charge in [0.15, 0.2) is 0 Å². The van der Waals surface area contributed by atoms with Crippen LogP contribution in [0.5, 0.6) is 0 Å². The molecule has 1 fully saturated rings. The molecule has 0 unspecified atom stereocenters. The Kier molecular flexibility index (Phi) is 11.4. The summed E-state index contributed by atoms with van der Waals surface area (Å²) in [4.78, 5) is 0. The van der Waals surface area contributed by atoms with Crippen LogP contribution in [-0.2, 0) is 30.7 Å². The summed E-state index contributed by atoms with van der Waals surface area (Å²) < 4.78 is 1.79. The van der Waals surface area contributed by atoms with Crippen molar-refractivity contribution in [2.75, 3.05) is 0 Å². The first kappa shape index (κ1) is 25.2. The SMILES string of the molecule is Cc1[c-]c2c(cc1)-c1ccc(C)cc1C2.[Cl-].[Cl-].[Zr+2]=[C]1CCCC1.c1cc[cH-]c1. The predicted octanol–water partition coefficient (Wildman–Crippen LogP) is 0.368. The first-order valence-electron chi connectivity index (χ1n) is 9.48. The van der Waals surface area contributed by atoms with E-state index in [1.54, 1.807) is 27.4 Å². The molecule has 0 aromatic heterocycles. The van der Waals surface area contributed by atoms with Crippen molar-refractivity contribution in [3.8, 4) is 11.1 Å². The molecule has 1 saturated carbocycles. The number of fused-ring (bicyclic) bond motifs is 3. The van der Waals surface area contributed by atoms with Crippen molar-refractivity contribution >= 4 is 3.21 Å². The van der Waals surface area contributed by atoms with Crippen LogP contribution in [0.3, 0.4) is 0 Å². The maximum Gasteiger partial charge on any atom is -0.172 e. The number of aryl methyl sites for hydroxylation is 2. The molecule has 28 heavy (non-hydrogen) atoms. The molecule has 3 heteroatoms. The number of benzene rings is 2. The zero-order chi connectivity index (χ0) is 18.4. The molecule has 2 aliphatic rings. The van der Waals surface area contributed by atoms with E-state index in [0.29, 0.717) is 0 Å². The van der Waals surface area contributed by atoms with E-state index < -0.39 is 0 Å². The van der Waals surface area contributed by atoms with Crippen LogP contribution in [-0.4, -0.2) is 3.21 Å². The van der Waals surface area contributed by atoms with Gasteiger partial charge < -0.3 is 24.8 Å². The van der Waals surface area contributed by atoms with Crippen LogP contribution < -0.4 is 24.8 Å². The van der Waals surface area contributed by atoms with Crippen LogP contribution >= 0.6 is 0 Å². The summed E-state index contributed by atoms with van der Waals surface area (Å²) in [5, 5.41) is 0. The number of hydrogen-bond acceptors (Lipinski definition) is 0. The van der Waals surface area contributed by atoms with Crippen molar-refractivity contribution in [2.24, 2.45) is 0 Å². The standard InChI is InChI=1S/C15H13.C5H8.C5H5.2ClH.Zr/c1-10-3-5-14-12(7-10)9-13-8-11(2)4-6-15(13)14;2*1-2-4-5-3-1;;;/h3-7H,9H2,1-2H3;1-4H2;1-5H;2*1H;/q-1;;-1;;;+2/p-2. The van der Waals surface area contributed by atoms with E-state index in [-0.39, 0.29) is 24.8 Å². The second-order valence-electron chi connectivity index (χ2n) is 7.14. The Morgan fingerprint density at radius 1 is 0.893 bits per heavy atom. The summed E-state index contributed by atoms with van der Waals surface area (Å²) in [7, 11) is 0. The second kappa shape index (κ2) is 12.6. The van der Waals surface area contributed by atoms with Crippen molar-refractivity contribution in [1.29, 1.82) is 0 Å². The largest absolute Gasteiger partial charge is 0.214 e. The van der Waals surface area contributed by atoms with Crippen LogP contribution in [0, 0.1) is 19.9 Å². The normalized spacial score (nSPS) is 12.9. The quantitative estimate of drug-likeness (QED) is 0.314. The van der Waals surface area contributed by atoms with Crippen molar-refractivity contribution in [1.82, 2.24) is 0 Å². The van der Waals surface area contributed by atoms with Gasteiger partial charge in [-0.05, 0) is 18.9 Å². The Balaban J connectivity index is 0.000000252. The Morgan fingerprint density at radius 3 is 2.07 bits per heavy atom. The van der Waals surface area contributed by atoms with Gasteiger partial charge in [-0.15, -0.1) is 11.1 Å². The van der Waals surface area contributed by atoms with Crippen LogP contribution in [0.1, 0.15) is 47.9 Å². The fourth-order valence-corrected chi connectivity index (χ4v) is 4.36. The maximum absolute atomic E-state index is 3.45. The van der Waals surface area contributed by atoms with Crippen molar-refractivity contribution in [3.05, 3.63) is 89.0 Å². The van der Waals surface area contributed by atoms with E-state index in [0.717, 1.165) is 6.42 Å². The molecule has 3 aromatic rings. The van der Waals surface area contributed by atoms with Crippen molar-refractivity contribution < 1.29 is 49.0 Å². The second-order valence-corrected chi connectivity index (χ2v) is 8.88. The van der Waals surface area contributed by atoms with Gasteiger partial charge in [0.05, 0.1) is 0 Å². The average Bonchev–Trinajstić information content (AvgIpc) is 3.37. The molecular formula is C25H26Cl2Zr-2. The van der Waals surface area contributed by atoms with Crippen molar-refractivity contribution in [3.63, 3.8) is 0 Å². The zero-order valence-electron chi connectivity index (χ0n) is 16.6. The van der Waals surface area contributed by atoms with Gasteiger partial charge >= 0.3 is 53.1 Å². The fourth-order valence-electron chi connectivity index (χ4n) is 3.49. The minimum atomic E-state index is 0. The van der Waals surface area contributed by atoms with Crippen LogP contribution in [0.25, 0.3) is 11.1 Å².